The molecule has 0 spiro atoms. The molecule has 1 aromatic carbocycles. The molecular weight excluding hydrogens is 172 g/mol. The molecule has 1 aliphatic heterocycles. The molecule has 1 atom stereocenters. The van der Waals surface area contributed by atoms with Crippen molar-refractivity contribution in [3.05, 3.63) is 23.8 Å². The summed E-state index contributed by atoms with van der Waals surface area (Å²) in [5, 5.41) is 3.50. The molecule has 2 heteroatoms. The first-order valence-corrected chi connectivity index (χ1v) is 5.34. The van der Waals surface area contributed by atoms with Crippen molar-refractivity contribution in [1.29, 1.82) is 0 Å². The van der Waals surface area contributed by atoms with Crippen LogP contribution in [0.2, 0.25) is 0 Å². The smallest absolute Gasteiger partial charge is 0.0608 e. The molecule has 0 saturated heterocycles. The van der Waals surface area contributed by atoms with Gasteiger partial charge in [0.05, 0.1) is 11.4 Å². The fraction of sp³-hybridized carbons (Fsp3) is 0.500. The summed E-state index contributed by atoms with van der Waals surface area (Å²) >= 11 is 0. The molecule has 76 valence electrons. The van der Waals surface area contributed by atoms with E-state index in [4.69, 9.17) is 0 Å². The van der Waals surface area contributed by atoms with Crippen LogP contribution in [0, 0.1) is 6.92 Å². The predicted octanol–water partition coefficient (Wildman–Crippen LogP) is 2.64. The quantitative estimate of drug-likeness (QED) is 0.732. The molecule has 0 radical (unpaired) electrons. The van der Waals surface area contributed by atoms with Gasteiger partial charge in [-0.1, -0.05) is 12.1 Å². The first-order valence-electron chi connectivity index (χ1n) is 5.34. The van der Waals surface area contributed by atoms with Crippen LogP contribution < -0.4 is 10.2 Å². The molecule has 0 bridgehead atoms. The molecule has 1 heterocycles. The molecule has 1 aliphatic rings. The number of benzene rings is 1. The molecule has 1 N–H and O–H groups in total. The van der Waals surface area contributed by atoms with Gasteiger partial charge in [0.25, 0.3) is 0 Å². The second-order valence-electron chi connectivity index (χ2n) is 3.98. The van der Waals surface area contributed by atoms with E-state index >= 15 is 0 Å². The van der Waals surface area contributed by atoms with E-state index in [-0.39, 0.29) is 0 Å². The maximum Gasteiger partial charge on any atom is 0.0608 e. The molecule has 0 saturated carbocycles. The van der Waals surface area contributed by atoms with Crippen LogP contribution in [0.25, 0.3) is 0 Å². The van der Waals surface area contributed by atoms with Gasteiger partial charge in [-0.3, -0.25) is 0 Å². The Morgan fingerprint density at radius 1 is 1.50 bits per heavy atom. The highest BCUT2D eigenvalue weighted by molar-refractivity contribution is 5.75. The fourth-order valence-electron chi connectivity index (χ4n) is 2.20. The summed E-state index contributed by atoms with van der Waals surface area (Å²) in [6, 6.07) is 7.09. The van der Waals surface area contributed by atoms with Crippen molar-refractivity contribution in [3.8, 4) is 0 Å². The third-order valence-corrected chi connectivity index (χ3v) is 3.01. The van der Waals surface area contributed by atoms with Gasteiger partial charge >= 0.3 is 0 Å². The van der Waals surface area contributed by atoms with Gasteiger partial charge in [-0.25, -0.2) is 0 Å². The molecule has 2 nitrogen and oxygen atoms in total. The zero-order chi connectivity index (χ0) is 10.1. The van der Waals surface area contributed by atoms with Gasteiger partial charge in [0.1, 0.15) is 0 Å². The van der Waals surface area contributed by atoms with Crippen LogP contribution in [-0.4, -0.2) is 19.1 Å². The zero-order valence-corrected chi connectivity index (χ0v) is 9.17. The summed E-state index contributed by atoms with van der Waals surface area (Å²) in [7, 11) is 0. The average molecular weight is 190 g/mol. The third-order valence-electron chi connectivity index (χ3n) is 3.01. The van der Waals surface area contributed by atoms with Crippen molar-refractivity contribution in [2.24, 2.45) is 0 Å². The minimum absolute atomic E-state index is 0.592. The number of hydrogen-bond donors (Lipinski definition) is 1. The lowest BCUT2D eigenvalue weighted by atomic mass is 10.1. The minimum atomic E-state index is 0.592. The number of anilines is 2. The number of nitrogens with zero attached hydrogens (tertiary/aromatic N) is 1. The molecule has 0 fully saturated rings. The monoisotopic (exact) mass is 190 g/mol. The number of rotatable bonds is 1. The lowest BCUT2D eigenvalue weighted by Crippen LogP contribution is -2.42. The number of likely N-dealkylation sites (N-methyl/N-ethyl adjacent to an activating group) is 1. The largest absolute Gasteiger partial charge is 0.381 e. The number of nitrogens with one attached hydrogen (secondary N) is 1. The van der Waals surface area contributed by atoms with Gasteiger partial charge in [-0.2, -0.15) is 0 Å². The van der Waals surface area contributed by atoms with Crippen LogP contribution in [0.5, 0.6) is 0 Å². The van der Waals surface area contributed by atoms with Crippen LogP contribution in [0.15, 0.2) is 18.2 Å². The summed E-state index contributed by atoms with van der Waals surface area (Å²) in [5.41, 5.74) is 4.01. The van der Waals surface area contributed by atoms with Crippen molar-refractivity contribution < 1.29 is 0 Å². The van der Waals surface area contributed by atoms with E-state index in [1.54, 1.807) is 0 Å². The molecule has 1 unspecified atom stereocenters. The van der Waals surface area contributed by atoms with Gasteiger partial charge in [0.15, 0.2) is 0 Å². The number of hydrogen-bond acceptors (Lipinski definition) is 2. The maximum absolute atomic E-state index is 3.50. The van der Waals surface area contributed by atoms with Gasteiger partial charge < -0.3 is 10.2 Å². The van der Waals surface area contributed by atoms with Crippen LogP contribution in [0.4, 0.5) is 11.4 Å². The summed E-state index contributed by atoms with van der Waals surface area (Å²) in [6.45, 7) is 8.77. The fourth-order valence-corrected chi connectivity index (χ4v) is 2.20. The number of fused-ring (bicyclic) bond motifs is 1. The van der Waals surface area contributed by atoms with E-state index in [0.29, 0.717) is 6.04 Å². The highest BCUT2D eigenvalue weighted by atomic mass is 15.2. The molecule has 2 rings (SSSR count). The minimum Gasteiger partial charge on any atom is -0.381 e. The highest BCUT2D eigenvalue weighted by Gasteiger charge is 2.21. The Hall–Kier alpha value is -1.18. The van der Waals surface area contributed by atoms with E-state index in [2.05, 4.69) is 49.2 Å². The SMILES string of the molecule is CCN1c2cccc(C)c2NCC1C. The number of para-hydroxylation sites is 1. The normalized spacial score (nSPS) is 20.2. The van der Waals surface area contributed by atoms with Gasteiger partial charge in [0, 0.05) is 19.1 Å². The third kappa shape index (κ3) is 1.35. The summed E-state index contributed by atoms with van der Waals surface area (Å²) in [6.07, 6.45) is 0. The molecule has 0 aromatic heterocycles. The maximum atomic E-state index is 3.50. The van der Waals surface area contributed by atoms with E-state index < -0.39 is 0 Å². The Bertz CT molecular complexity index is 333. The second kappa shape index (κ2) is 3.52. The van der Waals surface area contributed by atoms with Crippen molar-refractivity contribution in [2.45, 2.75) is 26.8 Å². The molecule has 0 amide bonds. The molecule has 0 aliphatic carbocycles. The standard InChI is InChI=1S/C12H18N2/c1-4-14-10(3)8-13-12-9(2)6-5-7-11(12)14/h5-7,10,13H,4,8H2,1-3H3. The first-order chi connectivity index (χ1) is 6.74. The van der Waals surface area contributed by atoms with E-state index in [1.165, 1.54) is 16.9 Å². The molecule has 1 aromatic rings. The van der Waals surface area contributed by atoms with Crippen molar-refractivity contribution in [2.75, 3.05) is 23.3 Å². The van der Waals surface area contributed by atoms with Crippen LogP contribution in [0.1, 0.15) is 19.4 Å². The van der Waals surface area contributed by atoms with Crippen molar-refractivity contribution in [1.82, 2.24) is 0 Å². The van der Waals surface area contributed by atoms with Gasteiger partial charge in [0.2, 0.25) is 0 Å². The van der Waals surface area contributed by atoms with E-state index in [9.17, 15) is 0 Å². The second-order valence-corrected chi connectivity index (χ2v) is 3.98. The Morgan fingerprint density at radius 3 is 3.00 bits per heavy atom. The van der Waals surface area contributed by atoms with Crippen LogP contribution in [-0.2, 0) is 0 Å². The molecular formula is C12H18N2. The summed E-state index contributed by atoms with van der Waals surface area (Å²) in [4.78, 5) is 2.46. The predicted molar refractivity (Wildman–Crippen MR) is 62.2 cm³/mol. The number of aryl methyl sites for hydroxylation is 1. The van der Waals surface area contributed by atoms with Gasteiger partial charge in [-0.05, 0) is 32.4 Å². The Balaban J connectivity index is 2.46. The molecule has 14 heavy (non-hydrogen) atoms. The summed E-state index contributed by atoms with van der Waals surface area (Å²) < 4.78 is 0. The topological polar surface area (TPSA) is 15.3 Å². The average Bonchev–Trinajstić information content (AvgIpc) is 2.18. The highest BCUT2D eigenvalue weighted by Crippen LogP contribution is 2.33. The van der Waals surface area contributed by atoms with E-state index in [0.717, 1.165) is 13.1 Å². The Morgan fingerprint density at radius 2 is 2.29 bits per heavy atom. The van der Waals surface area contributed by atoms with Crippen molar-refractivity contribution >= 4 is 11.4 Å². The summed E-state index contributed by atoms with van der Waals surface area (Å²) in [5.74, 6) is 0. The van der Waals surface area contributed by atoms with Crippen LogP contribution in [0.3, 0.4) is 0 Å². The zero-order valence-electron chi connectivity index (χ0n) is 9.17. The Labute approximate surface area is 85.9 Å². The lowest BCUT2D eigenvalue weighted by molar-refractivity contribution is 0.658. The van der Waals surface area contributed by atoms with Gasteiger partial charge in [-0.15, -0.1) is 0 Å². The van der Waals surface area contributed by atoms with Crippen molar-refractivity contribution in [3.63, 3.8) is 0 Å². The first kappa shape index (κ1) is 9.38. The lowest BCUT2D eigenvalue weighted by Gasteiger charge is -2.37. The Kier molecular flexibility index (Phi) is 2.36. The van der Waals surface area contributed by atoms with Crippen LogP contribution >= 0.6 is 0 Å². The van der Waals surface area contributed by atoms with E-state index in [1.807, 2.05) is 0 Å².